The van der Waals surface area contributed by atoms with E-state index in [2.05, 4.69) is 12.2 Å². The average molecular weight is 296 g/mol. The summed E-state index contributed by atoms with van der Waals surface area (Å²) >= 11 is 0. The van der Waals surface area contributed by atoms with Crippen molar-refractivity contribution in [2.45, 2.75) is 44.8 Å². The number of carbonyl (C=O) groups is 2. The number of likely N-dealkylation sites (tertiary alicyclic amines) is 1. The van der Waals surface area contributed by atoms with E-state index in [4.69, 9.17) is 9.84 Å². The van der Waals surface area contributed by atoms with Gasteiger partial charge in [-0.25, -0.2) is 4.79 Å². The minimum Gasteiger partial charge on any atom is -0.481 e. The number of rotatable bonds is 5. The maximum Gasteiger partial charge on any atom is 0.317 e. The van der Waals surface area contributed by atoms with E-state index in [-0.39, 0.29) is 18.2 Å². The van der Waals surface area contributed by atoms with Crippen LogP contribution >= 0.6 is 0 Å². The van der Waals surface area contributed by atoms with Gasteiger partial charge in [-0.15, -0.1) is 0 Å². The third-order valence-corrected chi connectivity index (χ3v) is 3.93. The van der Waals surface area contributed by atoms with E-state index in [1.54, 1.807) is 17.1 Å². The zero-order valence-corrected chi connectivity index (χ0v) is 12.5. The summed E-state index contributed by atoms with van der Waals surface area (Å²) < 4.78 is 5.72. The number of ether oxygens (including phenoxy) is 1. The number of nitrogens with zero attached hydrogens (tertiary/aromatic N) is 1. The van der Waals surface area contributed by atoms with Gasteiger partial charge in [0.15, 0.2) is 0 Å². The van der Waals surface area contributed by atoms with E-state index < -0.39 is 11.9 Å². The summed E-state index contributed by atoms with van der Waals surface area (Å²) in [6.07, 6.45) is 6.89. The van der Waals surface area contributed by atoms with Gasteiger partial charge < -0.3 is 20.1 Å². The average Bonchev–Trinajstić information content (AvgIpc) is 2.94. The number of carboxylic acids is 1. The summed E-state index contributed by atoms with van der Waals surface area (Å²) in [6.45, 7) is 4.14. The molecule has 1 fully saturated rings. The van der Waals surface area contributed by atoms with Gasteiger partial charge in [0.1, 0.15) is 0 Å². The van der Waals surface area contributed by atoms with Gasteiger partial charge >= 0.3 is 12.0 Å². The minimum atomic E-state index is -0.839. The minimum absolute atomic E-state index is 0.121. The maximum absolute atomic E-state index is 12.2. The van der Waals surface area contributed by atoms with Crippen LogP contribution in [-0.2, 0) is 9.53 Å². The van der Waals surface area contributed by atoms with E-state index >= 15 is 0 Å². The normalized spacial score (nSPS) is 28.6. The van der Waals surface area contributed by atoms with Crippen LogP contribution in [0.1, 0.15) is 32.6 Å². The number of amides is 2. The third kappa shape index (κ3) is 4.46. The summed E-state index contributed by atoms with van der Waals surface area (Å²) in [6, 6.07) is -0.309. The molecule has 2 N–H and O–H groups in total. The van der Waals surface area contributed by atoms with E-state index in [0.717, 1.165) is 32.4 Å². The van der Waals surface area contributed by atoms with Gasteiger partial charge in [-0.2, -0.15) is 0 Å². The molecule has 1 saturated heterocycles. The van der Waals surface area contributed by atoms with E-state index in [0.29, 0.717) is 13.0 Å². The van der Waals surface area contributed by atoms with Crippen LogP contribution in [0.2, 0.25) is 0 Å². The standard InChI is InChI=1S/C15H24N2O4/c1-2-8-21-13-4-3-7-17(10-13)15(20)16-12-6-5-11(9-12)14(18)19/h5-6,11-13H,2-4,7-10H2,1H3,(H,16,20)(H,18,19). The zero-order chi connectivity index (χ0) is 15.2. The van der Waals surface area contributed by atoms with Gasteiger partial charge in [0.25, 0.3) is 0 Å². The third-order valence-electron chi connectivity index (χ3n) is 3.93. The molecule has 6 heteroatoms. The molecule has 1 aliphatic heterocycles. The van der Waals surface area contributed by atoms with Crippen molar-refractivity contribution in [3.63, 3.8) is 0 Å². The Morgan fingerprint density at radius 2 is 2.24 bits per heavy atom. The van der Waals surface area contributed by atoms with Crippen molar-refractivity contribution in [1.29, 1.82) is 0 Å². The highest BCUT2D eigenvalue weighted by Crippen LogP contribution is 2.19. The molecule has 2 rings (SSSR count). The molecule has 118 valence electrons. The van der Waals surface area contributed by atoms with Gasteiger partial charge in [0, 0.05) is 19.7 Å². The molecule has 6 nitrogen and oxygen atoms in total. The molecular weight excluding hydrogens is 272 g/mol. The summed E-state index contributed by atoms with van der Waals surface area (Å²) in [5.74, 6) is -1.33. The van der Waals surface area contributed by atoms with Crippen molar-refractivity contribution in [1.82, 2.24) is 10.2 Å². The predicted octanol–water partition coefficient (Wildman–Crippen LogP) is 1.62. The maximum atomic E-state index is 12.2. The quantitative estimate of drug-likeness (QED) is 0.756. The lowest BCUT2D eigenvalue weighted by molar-refractivity contribution is -0.140. The fourth-order valence-corrected chi connectivity index (χ4v) is 2.78. The lowest BCUT2D eigenvalue weighted by Gasteiger charge is -2.33. The first kappa shape index (κ1) is 15.8. The summed E-state index contributed by atoms with van der Waals surface area (Å²) in [7, 11) is 0. The fourth-order valence-electron chi connectivity index (χ4n) is 2.78. The van der Waals surface area contributed by atoms with Crippen LogP contribution in [0.3, 0.4) is 0 Å². The van der Waals surface area contributed by atoms with Crippen LogP contribution in [0.4, 0.5) is 4.79 Å². The van der Waals surface area contributed by atoms with E-state index in [9.17, 15) is 9.59 Å². The summed E-state index contributed by atoms with van der Waals surface area (Å²) in [5, 5.41) is 11.8. The molecule has 2 aliphatic rings. The molecule has 0 bridgehead atoms. The molecule has 21 heavy (non-hydrogen) atoms. The molecule has 0 aromatic rings. The molecule has 0 spiro atoms. The van der Waals surface area contributed by atoms with Gasteiger partial charge in [-0.3, -0.25) is 4.79 Å². The highest BCUT2D eigenvalue weighted by atomic mass is 16.5. The number of carbonyl (C=O) groups excluding carboxylic acids is 1. The summed E-state index contributed by atoms with van der Waals surface area (Å²) in [4.78, 5) is 24.9. The lowest BCUT2D eigenvalue weighted by atomic mass is 10.1. The van der Waals surface area contributed by atoms with Gasteiger partial charge in [-0.05, 0) is 25.7 Å². The zero-order valence-electron chi connectivity index (χ0n) is 12.5. The van der Waals surface area contributed by atoms with Crippen molar-refractivity contribution in [3.8, 4) is 0 Å². The highest BCUT2D eigenvalue weighted by molar-refractivity contribution is 5.76. The van der Waals surface area contributed by atoms with Gasteiger partial charge in [0.05, 0.1) is 18.1 Å². The molecule has 0 saturated carbocycles. The predicted molar refractivity (Wildman–Crippen MR) is 78.0 cm³/mol. The van der Waals surface area contributed by atoms with Crippen LogP contribution in [0.15, 0.2) is 12.2 Å². The second kappa shape index (κ2) is 7.45. The molecule has 1 aliphatic carbocycles. The number of hydrogen-bond acceptors (Lipinski definition) is 3. The number of hydrogen-bond donors (Lipinski definition) is 2. The lowest BCUT2D eigenvalue weighted by Crippen LogP contribution is -2.50. The monoisotopic (exact) mass is 296 g/mol. The Morgan fingerprint density at radius 1 is 1.43 bits per heavy atom. The Bertz CT molecular complexity index is 410. The Kier molecular flexibility index (Phi) is 5.61. The highest BCUT2D eigenvalue weighted by Gasteiger charge is 2.28. The van der Waals surface area contributed by atoms with Crippen LogP contribution in [-0.4, -0.2) is 53.8 Å². The van der Waals surface area contributed by atoms with Crippen LogP contribution in [0.5, 0.6) is 0 Å². The number of nitrogens with one attached hydrogen (secondary N) is 1. The SMILES string of the molecule is CCCOC1CCCN(C(=O)NC2C=CC(C(=O)O)C2)C1. The number of piperidine rings is 1. The Morgan fingerprint density at radius 3 is 2.90 bits per heavy atom. The molecule has 2 amide bonds. The fraction of sp³-hybridized carbons (Fsp3) is 0.733. The van der Waals surface area contributed by atoms with Crippen molar-refractivity contribution < 1.29 is 19.4 Å². The molecule has 0 radical (unpaired) electrons. The first-order valence-electron chi connectivity index (χ1n) is 7.68. The molecule has 0 aromatic heterocycles. The Hall–Kier alpha value is -1.56. The first-order chi connectivity index (χ1) is 10.1. The van der Waals surface area contributed by atoms with Gasteiger partial charge in [0.2, 0.25) is 0 Å². The summed E-state index contributed by atoms with van der Waals surface area (Å²) in [5.41, 5.74) is 0. The van der Waals surface area contributed by atoms with E-state index in [1.807, 2.05) is 0 Å². The van der Waals surface area contributed by atoms with Crippen LogP contribution in [0.25, 0.3) is 0 Å². The molecule has 1 heterocycles. The smallest absolute Gasteiger partial charge is 0.317 e. The molecular formula is C15H24N2O4. The number of carboxylic acid groups (broad SMARTS) is 1. The Labute approximate surface area is 125 Å². The van der Waals surface area contributed by atoms with Crippen molar-refractivity contribution in [3.05, 3.63) is 12.2 Å². The molecule has 3 unspecified atom stereocenters. The topological polar surface area (TPSA) is 78.9 Å². The van der Waals surface area contributed by atoms with Gasteiger partial charge in [-0.1, -0.05) is 19.1 Å². The second-order valence-corrected chi connectivity index (χ2v) is 5.70. The van der Waals surface area contributed by atoms with Crippen molar-refractivity contribution in [2.24, 2.45) is 5.92 Å². The van der Waals surface area contributed by atoms with Crippen LogP contribution in [0, 0.1) is 5.92 Å². The van der Waals surface area contributed by atoms with Crippen molar-refractivity contribution in [2.75, 3.05) is 19.7 Å². The van der Waals surface area contributed by atoms with Crippen molar-refractivity contribution >= 4 is 12.0 Å². The number of urea groups is 1. The van der Waals surface area contributed by atoms with Crippen LogP contribution < -0.4 is 5.32 Å². The molecule has 0 aromatic carbocycles. The number of aliphatic carboxylic acids is 1. The first-order valence-corrected chi connectivity index (χ1v) is 7.68. The second-order valence-electron chi connectivity index (χ2n) is 5.70. The van der Waals surface area contributed by atoms with E-state index in [1.165, 1.54) is 0 Å². The largest absolute Gasteiger partial charge is 0.481 e. The Balaban J connectivity index is 1.78. The molecule has 3 atom stereocenters.